The summed E-state index contributed by atoms with van der Waals surface area (Å²) in [5, 5.41) is 12.7. The molecule has 3 aromatic heterocycles. The minimum Gasteiger partial charge on any atom is -0.343 e. The molecule has 1 amide bonds. The number of carbonyl (C=O) groups excluding carboxylic acids is 1. The number of hydrogen-bond donors (Lipinski definition) is 3. The summed E-state index contributed by atoms with van der Waals surface area (Å²) in [6.07, 6.45) is 1.42. The molecule has 3 N–H and O–H groups in total. The summed E-state index contributed by atoms with van der Waals surface area (Å²) >= 11 is 0. The summed E-state index contributed by atoms with van der Waals surface area (Å²) < 4.78 is 1.47. The average Bonchev–Trinajstić information content (AvgIpc) is 2.88. The van der Waals surface area contributed by atoms with Gasteiger partial charge in [0, 0.05) is 13.1 Å². The highest BCUT2D eigenvalue weighted by Crippen LogP contribution is 2.04. The van der Waals surface area contributed by atoms with Gasteiger partial charge in [-0.25, -0.2) is 10.1 Å². The Bertz CT molecular complexity index is 948. The van der Waals surface area contributed by atoms with Crippen molar-refractivity contribution in [1.29, 1.82) is 0 Å². The van der Waals surface area contributed by atoms with E-state index in [1.54, 1.807) is 7.05 Å². The molecule has 0 fully saturated rings. The number of fused-ring (bicyclic) bond motifs is 1. The largest absolute Gasteiger partial charge is 0.343 e. The van der Waals surface area contributed by atoms with Gasteiger partial charge in [-0.15, -0.1) is 0 Å². The van der Waals surface area contributed by atoms with Crippen LogP contribution in [0.4, 0.5) is 0 Å². The molecule has 3 rings (SSSR count). The van der Waals surface area contributed by atoms with Gasteiger partial charge in [0.05, 0.1) is 12.7 Å². The molecule has 0 bridgehead atoms. The molecule has 0 saturated carbocycles. The van der Waals surface area contributed by atoms with Crippen LogP contribution in [0, 0.1) is 0 Å². The lowest BCUT2D eigenvalue weighted by molar-refractivity contribution is 0.0943. The quantitative estimate of drug-likeness (QED) is 0.548. The summed E-state index contributed by atoms with van der Waals surface area (Å²) in [4.78, 5) is 41.4. The molecule has 112 valence electrons. The molecule has 0 spiro atoms. The minimum atomic E-state index is -0.496. The van der Waals surface area contributed by atoms with Gasteiger partial charge in [0.25, 0.3) is 17.0 Å². The molecule has 0 atom stereocenters. The highest BCUT2D eigenvalue weighted by Gasteiger charge is 2.10. The van der Waals surface area contributed by atoms with E-state index in [-0.39, 0.29) is 17.8 Å². The van der Waals surface area contributed by atoms with Crippen molar-refractivity contribution >= 4 is 16.9 Å². The summed E-state index contributed by atoms with van der Waals surface area (Å²) in [5.74, 6) is -0.206. The number of hydrogen-bond acceptors (Lipinski definition) is 6. The fourth-order valence-corrected chi connectivity index (χ4v) is 1.89. The molecule has 3 aromatic rings. The molecule has 10 nitrogen and oxygen atoms in total. The lowest BCUT2D eigenvalue weighted by Gasteiger charge is -2.04. The zero-order valence-corrected chi connectivity index (χ0v) is 11.5. The molecule has 0 saturated heterocycles. The summed E-state index contributed by atoms with van der Waals surface area (Å²) in [6, 6.07) is 2.50. The average molecular weight is 301 g/mol. The Labute approximate surface area is 122 Å². The Kier molecular flexibility index (Phi) is 3.26. The SMILES string of the molecule is Cn1ncc2c(=O)[nH]c(CNC(=O)c3ccc(=O)[nH]n3)nc21. The van der Waals surface area contributed by atoms with E-state index in [4.69, 9.17) is 0 Å². The molecule has 0 aliphatic heterocycles. The number of carbonyl (C=O) groups is 1. The van der Waals surface area contributed by atoms with Crippen LogP contribution in [0.2, 0.25) is 0 Å². The standard InChI is InChI=1S/C12H11N7O3/c1-19-10-6(4-14-19)11(21)16-8(15-10)5-13-12(22)7-2-3-9(20)18-17-7/h2-4H,5H2,1H3,(H,13,22)(H,18,20)(H,15,16,21). The Hall–Kier alpha value is -3.30. The fraction of sp³-hybridized carbons (Fsp3) is 0.167. The van der Waals surface area contributed by atoms with Crippen LogP contribution < -0.4 is 16.4 Å². The molecular weight excluding hydrogens is 290 g/mol. The number of aromatic nitrogens is 6. The van der Waals surface area contributed by atoms with Gasteiger partial charge in [0.2, 0.25) is 0 Å². The second-order valence-electron chi connectivity index (χ2n) is 4.51. The zero-order chi connectivity index (χ0) is 15.7. The first kappa shape index (κ1) is 13.7. The predicted molar refractivity (Wildman–Crippen MR) is 75.2 cm³/mol. The summed E-state index contributed by atoms with van der Waals surface area (Å²) in [5.41, 5.74) is -0.243. The number of H-pyrrole nitrogens is 2. The third kappa shape index (κ3) is 2.49. The molecule has 0 radical (unpaired) electrons. The van der Waals surface area contributed by atoms with E-state index in [0.717, 1.165) is 0 Å². The second kappa shape index (κ2) is 5.24. The maximum atomic E-state index is 11.9. The molecule has 10 heteroatoms. The van der Waals surface area contributed by atoms with Crippen LogP contribution >= 0.6 is 0 Å². The van der Waals surface area contributed by atoms with E-state index in [9.17, 15) is 14.4 Å². The van der Waals surface area contributed by atoms with Crippen LogP contribution in [-0.4, -0.2) is 35.9 Å². The van der Waals surface area contributed by atoms with E-state index in [0.29, 0.717) is 16.9 Å². The first-order valence-electron chi connectivity index (χ1n) is 6.29. The van der Waals surface area contributed by atoms with Crippen molar-refractivity contribution in [2.45, 2.75) is 6.54 Å². The third-order valence-corrected chi connectivity index (χ3v) is 2.98. The third-order valence-electron chi connectivity index (χ3n) is 2.98. The first-order chi connectivity index (χ1) is 10.5. The van der Waals surface area contributed by atoms with E-state index < -0.39 is 11.5 Å². The number of nitrogens with zero attached hydrogens (tertiary/aromatic N) is 4. The van der Waals surface area contributed by atoms with Crippen LogP contribution in [0.5, 0.6) is 0 Å². The van der Waals surface area contributed by atoms with Crippen molar-refractivity contribution in [3.8, 4) is 0 Å². The van der Waals surface area contributed by atoms with Gasteiger partial charge in [0.15, 0.2) is 5.65 Å². The lowest BCUT2D eigenvalue weighted by atomic mass is 10.3. The Morgan fingerprint density at radius 2 is 2.18 bits per heavy atom. The molecular formula is C12H11N7O3. The number of aryl methyl sites for hydroxylation is 1. The van der Waals surface area contributed by atoms with Crippen LogP contribution in [0.1, 0.15) is 16.3 Å². The first-order valence-corrected chi connectivity index (χ1v) is 6.29. The molecule has 0 aliphatic rings. The van der Waals surface area contributed by atoms with Crippen LogP contribution in [0.25, 0.3) is 11.0 Å². The molecule has 0 unspecified atom stereocenters. The Morgan fingerprint density at radius 1 is 1.36 bits per heavy atom. The van der Waals surface area contributed by atoms with Gasteiger partial charge in [-0.1, -0.05) is 0 Å². The van der Waals surface area contributed by atoms with Crippen molar-refractivity contribution in [3.05, 3.63) is 50.6 Å². The lowest BCUT2D eigenvalue weighted by Crippen LogP contribution is -2.27. The van der Waals surface area contributed by atoms with Crippen molar-refractivity contribution in [1.82, 2.24) is 35.3 Å². The zero-order valence-electron chi connectivity index (χ0n) is 11.5. The monoisotopic (exact) mass is 301 g/mol. The van der Waals surface area contributed by atoms with Crippen LogP contribution in [0.15, 0.2) is 27.9 Å². The maximum absolute atomic E-state index is 11.9. The highest BCUT2D eigenvalue weighted by molar-refractivity contribution is 5.91. The summed E-state index contributed by atoms with van der Waals surface area (Å²) in [7, 11) is 1.67. The normalized spacial score (nSPS) is 10.8. The van der Waals surface area contributed by atoms with Gasteiger partial charge in [-0.3, -0.25) is 19.1 Å². The van der Waals surface area contributed by atoms with Gasteiger partial charge < -0.3 is 10.3 Å². The molecule has 0 aromatic carbocycles. The fourth-order valence-electron chi connectivity index (χ4n) is 1.89. The van der Waals surface area contributed by atoms with Gasteiger partial charge in [-0.2, -0.15) is 10.2 Å². The van der Waals surface area contributed by atoms with Crippen molar-refractivity contribution in [2.24, 2.45) is 7.05 Å². The smallest absolute Gasteiger partial charge is 0.272 e. The van der Waals surface area contributed by atoms with Gasteiger partial charge >= 0.3 is 0 Å². The minimum absolute atomic E-state index is 0.00992. The van der Waals surface area contributed by atoms with Gasteiger partial charge in [0.1, 0.15) is 16.9 Å². The highest BCUT2D eigenvalue weighted by atomic mass is 16.2. The van der Waals surface area contributed by atoms with E-state index in [2.05, 4.69) is 30.6 Å². The number of nitrogens with one attached hydrogen (secondary N) is 3. The second-order valence-corrected chi connectivity index (χ2v) is 4.51. The van der Waals surface area contributed by atoms with E-state index in [1.165, 1.54) is 23.0 Å². The van der Waals surface area contributed by atoms with Crippen molar-refractivity contribution < 1.29 is 4.79 Å². The number of amides is 1. The van der Waals surface area contributed by atoms with Gasteiger partial charge in [-0.05, 0) is 6.07 Å². The summed E-state index contributed by atoms with van der Waals surface area (Å²) in [6.45, 7) is 0.00992. The topological polar surface area (TPSA) is 138 Å². The molecule has 22 heavy (non-hydrogen) atoms. The van der Waals surface area contributed by atoms with Crippen LogP contribution in [-0.2, 0) is 13.6 Å². The Balaban J connectivity index is 1.80. The Morgan fingerprint density at radius 3 is 2.91 bits per heavy atom. The van der Waals surface area contributed by atoms with Crippen molar-refractivity contribution in [2.75, 3.05) is 0 Å². The van der Waals surface area contributed by atoms with E-state index >= 15 is 0 Å². The van der Waals surface area contributed by atoms with Crippen LogP contribution in [0.3, 0.4) is 0 Å². The number of rotatable bonds is 3. The number of aromatic amines is 2. The molecule has 3 heterocycles. The van der Waals surface area contributed by atoms with E-state index in [1.807, 2.05) is 0 Å². The van der Waals surface area contributed by atoms with Crippen molar-refractivity contribution in [3.63, 3.8) is 0 Å². The predicted octanol–water partition coefficient (Wildman–Crippen LogP) is -1.33. The maximum Gasteiger partial charge on any atom is 0.272 e. The molecule has 0 aliphatic carbocycles.